The van der Waals surface area contributed by atoms with Crippen molar-refractivity contribution in [2.24, 2.45) is 0 Å². The van der Waals surface area contributed by atoms with Crippen LogP contribution in [0, 0.1) is 6.92 Å². The Hall–Kier alpha value is -2.45. The van der Waals surface area contributed by atoms with E-state index in [2.05, 4.69) is 27.2 Å². The van der Waals surface area contributed by atoms with Crippen LogP contribution in [0.25, 0.3) is 21.9 Å². The first-order valence-electron chi connectivity index (χ1n) is 8.35. The molecule has 0 N–H and O–H groups in total. The highest BCUT2D eigenvalue weighted by atomic mass is 16.6. The van der Waals surface area contributed by atoms with E-state index in [1.54, 1.807) is 11.8 Å². The molecule has 25 heavy (non-hydrogen) atoms. The number of ketones is 1. The molecule has 132 valence electrons. The van der Waals surface area contributed by atoms with Gasteiger partial charge in [-0.1, -0.05) is 0 Å². The zero-order valence-corrected chi connectivity index (χ0v) is 14.7. The fraction of sp³-hybridized carbons (Fsp3) is 0.471. The van der Waals surface area contributed by atoms with Crippen LogP contribution >= 0.6 is 0 Å². The molecule has 1 saturated heterocycles. The van der Waals surface area contributed by atoms with Gasteiger partial charge in [-0.3, -0.25) is 9.69 Å². The Morgan fingerprint density at radius 1 is 1.24 bits per heavy atom. The predicted molar refractivity (Wildman–Crippen MR) is 92.8 cm³/mol. The molecule has 1 aliphatic heterocycles. The minimum absolute atomic E-state index is 0.0679. The summed E-state index contributed by atoms with van der Waals surface area (Å²) in [4.78, 5) is 23.1. The Morgan fingerprint density at radius 2 is 2.00 bits per heavy atom. The minimum Gasteiger partial charge on any atom is -0.417 e. The third kappa shape index (κ3) is 2.58. The van der Waals surface area contributed by atoms with Crippen molar-refractivity contribution in [1.82, 2.24) is 24.8 Å². The molecule has 8 heteroatoms. The maximum Gasteiger partial charge on any atom is 0.179 e. The molecule has 0 unspecified atom stereocenters. The number of rotatable bonds is 4. The van der Waals surface area contributed by atoms with Crippen LogP contribution in [-0.4, -0.2) is 77.5 Å². The van der Waals surface area contributed by atoms with Crippen molar-refractivity contribution in [3.63, 3.8) is 0 Å². The second kappa shape index (κ2) is 6.12. The summed E-state index contributed by atoms with van der Waals surface area (Å²) in [6.45, 7) is 6.02. The average molecular weight is 343 g/mol. The van der Waals surface area contributed by atoms with Gasteiger partial charge < -0.3 is 9.74 Å². The van der Waals surface area contributed by atoms with Crippen LogP contribution < -0.4 is 4.84 Å². The van der Waals surface area contributed by atoms with Gasteiger partial charge in [0.1, 0.15) is 18.1 Å². The summed E-state index contributed by atoms with van der Waals surface area (Å²) in [6, 6.07) is 3.70. The summed E-state index contributed by atoms with van der Waals surface area (Å²) >= 11 is 0. The molecule has 0 atom stereocenters. The summed E-state index contributed by atoms with van der Waals surface area (Å²) in [7, 11) is 3.69. The van der Waals surface area contributed by atoms with Crippen LogP contribution in [0.15, 0.2) is 16.8 Å². The van der Waals surface area contributed by atoms with Gasteiger partial charge in [0.05, 0.1) is 23.3 Å². The van der Waals surface area contributed by atoms with Crippen LogP contribution in [0.1, 0.15) is 16.1 Å². The van der Waals surface area contributed by atoms with Gasteiger partial charge in [0, 0.05) is 31.6 Å². The topological polar surface area (TPSA) is 76.6 Å². The van der Waals surface area contributed by atoms with Gasteiger partial charge in [-0.2, -0.15) is 4.73 Å². The molecule has 4 rings (SSSR count). The fourth-order valence-corrected chi connectivity index (χ4v) is 3.58. The summed E-state index contributed by atoms with van der Waals surface area (Å²) in [6.07, 6.45) is 0. The lowest BCUT2D eigenvalue weighted by atomic mass is 10.0. The molecule has 8 nitrogen and oxygen atoms in total. The number of Topliss-reactive ketones (excluding diaryl/α,β-unsaturated/α-hetero) is 1. The zero-order chi connectivity index (χ0) is 17.6. The molecule has 1 aromatic carbocycles. The molecule has 0 amide bonds. The number of nitrogens with zero attached hydrogens (tertiary/aromatic N) is 5. The first kappa shape index (κ1) is 16.0. The van der Waals surface area contributed by atoms with E-state index in [1.807, 2.05) is 19.1 Å². The van der Waals surface area contributed by atoms with Crippen molar-refractivity contribution >= 4 is 27.7 Å². The number of carbonyl (C=O) groups is 1. The predicted octanol–water partition coefficient (Wildman–Crippen LogP) is 0.974. The lowest BCUT2D eigenvalue weighted by molar-refractivity contribution is 0.0874. The number of likely N-dealkylation sites (N-methyl/N-ethyl adjacent to an activating group) is 1. The van der Waals surface area contributed by atoms with E-state index in [-0.39, 0.29) is 5.78 Å². The van der Waals surface area contributed by atoms with Crippen molar-refractivity contribution in [3.05, 3.63) is 23.4 Å². The number of fused-ring (bicyclic) bond motifs is 3. The molecule has 3 aromatic rings. The largest absolute Gasteiger partial charge is 0.417 e. The van der Waals surface area contributed by atoms with E-state index in [1.165, 1.54) is 0 Å². The first-order chi connectivity index (χ1) is 12.1. The molecule has 1 fully saturated rings. The number of aromatic nitrogens is 3. The van der Waals surface area contributed by atoms with Gasteiger partial charge in [-0.25, -0.2) is 4.63 Å². The Kier molecular flexibility index (Phi) is 3.93. The van der Waals surface area contributed by atoms with E-state index >= 15 is 0 Å². The SMILES string of the molecule is COn1c(C)c(C(=O)CN2CCN(C)CC2)c2c3nonc3ccc21. The second-order valence-electron chi connectivity index (χ2n) is 6.53. The molecule has 2 aromatic heterocycles. The standard InChI is InChI=1S/C17H21N5O3/c1-11-15(14(23)10-21-8-6-20(2)7-9-21)16-13(22(11)24-3)5-4-12-17(16)19-25-18-12/h4-5H,6-10H2,1-3H3. The van der Waals surface area contributed by atoms with Gasteiger partial charge >= 0.3 is 0 Å². The van der Waals surface area contributed by atoms with Gasteiger partial charge in [-0.15, -0.1) is 0 Å². The zero-order valence-electron chi connectivity index (χ0n) is 14.7. The third-order valence-corrected chi connectivity index (χ3v) is 4.97. The van der Waals surface area contributed by atoms with Crippen LogP contribution in [0.3, 0.4) is 0 Å². The average Bonchev–Trinajstić information content (AvgIpc) is 3.18. The highest BCUT2D eigenvalue weighted by Gasteiger charge is 2.26. The van der Waals surface area contributed by atoms with Crippen LogP contribution in [0.2, 0.25) is 0 Å². The number of hydrogen-bond donors (Lipinski definition) is 0. The highest BCUT2D eigenvalue weighted by Crippen LogP contribution is 2.31. The van der Waals surface area contributed by atoms with Gasteiger partial charge in [0.2, 0.25) is 0 Å². The van der Waals surface area contributed by atoms with E-state index in [0.29, 0.717) is 23.1 Å². The van der Waals surface area contributed by atoms with E-state index < -0.39 is 0 Å². The maximum atomic E-state index is 13.1. The van der Waals surface area contributed by atoms with Gasteiger partial charge in [0.15, 0.2) is 5.78 Å². The number of hydrogen-bond acceptors (Lipinski definition) is 7. The second-order valence-corrected chi connectivity index (χ2v) is 6.53. The molecule has 3 heterocycles. The fourth-order valence-electron chi connectivity index (χ4n) is 3.58. The molecule has 0 spiro atoms. The van der Waals surface area contributed by atoms with Crippen molar-refractivity contribution in [1.29, 1.82) is 0 Å². The molecular formula is C17H21N5O3. The van der Waals surface area contributed by atoms with Crippen LogP contribution in [-0.2, 0) is 0 Å². The van der Waals surface area contributed by atoms with Crippen LogP contribution in [0.4, 0.5) is 0 Å². The minimum atomic E-state index is 0.0679. The Balaban J connectivity index is 1.78. The summed E-state index contributed by atoms with van der Waals surface area (Å²) in [5.74, 6) is 0.0679. The van der Waals surface area contributed by atoms with E-state index in [9.17, 15) is 4.79 Å². The van der Waals surface area contributed by atoms with Crippen molar-refractivity contribution in [2.75, 3.05) is 46.9 Å². The molecule has 1 aliphatic rings. The molecule has 0 bridgehead atoms. The molecule has 0 radical (unpaired) electrons. The molecule has 0 saturated carbocycles. The molecular weight excluding hydrogens is 322 g/mol. The monoisotopic (exact) mass is 343 g/mol. The van der Waals surface area contributed by atoms with E-state index in [4.69, 9.17) is 9.47 Å². The third-order valence-electron chi connectivity index (χ3n) is 4.97. The normalized spacial score (nSPS) is 16.8. The van der Waals surface area contributed by atoms with Crippen molar-refractivity contribution in [2.45, 2.75) is 6.92 Å². The lowest BCUT2D eigenvalue weighted by Gasteiger charge is -2.31. The lowest BCUT2D eigenvalue weighted by Crippen LogP contribution is -2.46. The summed E-state index contributed by atoms with van der Waals surface area (Å²) < 4.78 is 6.54. The van der Waals surface area contributed by atoms with E-state index in [0.717, 1.165) is 42.8 Å². The Labute approximate surface area is 144 Å². The Bertz CT molecular complexity index is 937. The number of benzene rings is 1. The summed E-state index contributed by atoms with van der Waals surface area (Å²) in [5, 5.41) is 8.65. The number of carbonyl (C=O) groups excluding carboxylic acids is 1. The maximum absolute atomic E-state index is 13.1. The van der Waals surface area contributed by atoms with Crippen molar-refractivity contribution < 1.29 is 14.3 Å². The quantitative estimate of drug-likeness (QED) is 0.653. The Morgan fingerprint density at radius 3 is 2.72 bits per heavy atom. The van der Waals surface area contributed by atoms with Crippen molar-refractivity contribution in [3.8, 4) is 0 Å². The summed E-state index contributed by atoms with van der Waals surface area (Å²) in [5.41, 5.74) is 3.43. The molecule has 0 aliphatic carbocycles. The first-order valence-corrected chi connectivity index (χ1v) is 8.35. The van der Waals surface area contributed by atoms with Gasteiger partial charge in [0.25, 0.3) is 0 Å². The highest BCUT2D eigenvalue weighted by molar-refractivity contribution is 6.17. The van der Waals surface area contributed by atoms with Crippen LogP contribution in [0.5, 0.6) is 0 Å². The van der Waals surface area contributed by atoms with Gasteiger partial charge in [-0.05, 0) is 36.4 Å². The number of piperazine rings is 1. The smallest absolute Gasteiger partial charge is 0.179 e.